The minimum Gasteiger partial charge on any atom is -0.495 e. The van der Waals surface area contributed by atoms with E-state index in [0.717, 1.165) is 42.0 Å². The Bertz CT molecular complexity index is 666. The van der Waals surface area contributed by atoms with Gasteiger partial charge in [0.05, 0.1) is 12.8 Å². The molecule has 0 bridgehead atoms. The topological polar surface area (TPSA) is 50.3 Å². The van der Waals surface area contributed by atoms with E-state index in [-0.39, 0.29) is 0 Å². The molecule has 1 aromatic heterocycles. The number of rotatable bonds is 4. The smallest absolute Gasteiger partial charge is 0.229 e. The number of aryl methyl sites for hydroxylation is 1. The molecule has 5 nitrogen and oxygen atoms in total. The Hall–Kier alpha value is -2.30. The van der Waals surface area contributed by atoms with Gasteiger partial charge in [0.25, 0.3) is 0 Å². The lowest BCUT2D eigenvalue weighted by Gasteiger charge is -2.31. The van der Waals surface area contributed by atoms with Crippen molar-refractivity contribution >= 4 is 17.5 Å². The number of piperidine rings is 1. The van der Waals surface area contributed by atoms with Crippen LogP contribution in [0.1, 0.15) is 25.5 Å². The molecule has 0 aliphatic carbocycles. The van der Waals surface area contributed by atoms with Crippen LogP contribution in [0.15, 0.2) is 30.3 Å². The SMILES string of the molecule is COc1ccccc1Nc1nc(C)cc(N2CCC(C)CC2)n1. The first-order chi connectivity index (χ1) is 11.2. The van der Waals surface area contributed by atoms with E-state index in [4.69, 9.17) is 9.72 Å². The van der Waals surface area contributed by atoms with E-state index in [1.54, 1.807) is 7.11 Å². The van der Waals surface area contributed by atoms with Crippen molar-refractivity contribution in [3.63, 3.8) is 0 Å². The van der Waals surface area contributed by atoms with Crippen LogP contribution in [0.5, 0.6) is 5.75 Å². The molecule has 0 radical (unpaired) electrons. The van der Waals surface area contributed by atoms with Crippen LogP contribution in [0.25, 0.3) is 0 Å². The molecule has 2 heterocycles. The standard InChI is InChI=1S/C18H24N4O/c1-13-8-10-22(11-9-13)17-12-14(2)19-18(21-17)20-15-6-4-5-7-16(15)23-3/h4-7,12-13H,8-11H2,1-3H3,(H,19,20,21). The van der Waals surface area contributed by atoms with Crippen LogP contribution in [0.4, 0.5) is 17.5 Å². The maximum Gasteiger partial charge on any atom is 0.229 e. The summed E-state index contributed by atoms with van der Waals surface area (Å²) in [7, 11) is 1.66. The summed E-state index contributed by atoms with van der Waals surface area (Å²) in [4.78, 5) is 11.6. The van der Waals surface area contributed by atoms with Gasteiger partial charge < -0.3 is 15.0 Å². The molecule has 1 aliphatic heterocycles. The lowest BCUT2D eigenvalue weighted by molar-refractivity contribution is 0.417. The van der Waals surface area contributed by atoms with Gasteiger partial charge in [-0.3, -0.25) is 0 Å². The van der Waals surface area contributed by atoms with Crippen molar-refractivity contribution < 1.29 is 4.74 Å². The van der Waals surface area contributed by atoms with Crippen molar-refractivity contribution in [1.82, 2.24) is 9.97 Å². The lowest BCUT2D eigenvalue weighted by Crippen LogP contribution is -2.33. The van der Waals surface area contributed by atoms with Crippen molar-refractivity contribution in [2.75, 3.05) is 30.4 Å². The lowest BCUT2D eigenvalue weighted by atomic mass is 9.99. The second-order valence-electron chi connectivity index (χ2n) is 6.19. The Kier molecular flexibility index (Phi) is 4.65. The predicted molar refractivity (Wildman–Crippen MR) is 93.7 cm³/mol. The molecule has 0 spiro atoms. The van der Waals surface area contributed by atoms with Gasteiger partial charge in [0, 0.05) is 24.8 Å². The van der Waals surface area contributed by atoms with Gasteiger partial charge in [-0.1, -0.05) is 19.1 Å². The third-order valence-corrected chi connectivity index (χ3v) is 4.30. The zero-order valence-corrected chi connectivity index (χ0v) is 14.0. The molecular formula is C18H24N4O. The molecule has 0 atom stereocenters. The molecule has 1 aromatic carbocycles. The van der Waals surface area contributed by atoms with Gasteiger partial charge in [0.2, 0.25) is 5.95 Å². The Balaban J connectivity index is 1.83. The van der Waals surface area contributed by atoms with Crippen molar-refractivity contribution in [3.05, 3.63) is 36.0 Å². The zero-order valence-electron chi connectivity index (χ0n) is 14.0. The minimum atomic E-state index is 0.614. The average molecular weight is 312 g/mol. The summed E-state index contributed by atoms with van der Waals surface area (Å²) in [5.74, 6) is 3.20. The fraction of sp³-hybridized carbons (Fsp3) is 0.444. The molecular weight excluding hydrogens is 288 g/mol. The van der Waals surface area contributed by atoms with Gasteiger partial charge in [-0.15, -0.1) is 0 Å². The number of ether oxygens (including phenoxy) is 1. The van der Waals surface area contributed by atoms with Gasteiger partial charge in [-0.25, -0.2) is 4.98 Å². The Morgan fingerprint density at radius 1 is 1.17 bits per heavy atom. The molecule has 122 valence electrons. The second-order valence-corrected chi connectivity index (χ2v) is 6.19. The number of methoxy groups -OCH3 is 1. The van der Waals surface area contributed by atoms with E-state index in [9.17, 15) is 0 Å². The van der Waals surface area contributed by atoms with Gasteiger partial charge in [-0.05, 0) is 37.8 Å². The molecule has 1 fully saturated rings. The van der Waals surface area contributed by atoms with E-state index >= 15 is 0 Å². The Morgan fingerprint density at radius 2 is 1.91 bits per heavy atom. The first kappa shape index (κ1) is 15.6. The molecule has 0 saturated carbocycles. The highest BCUT2D eigenvalue weighted by Crippen LogP contribution is 2.27. The molecule has 1 aliphatic rings. The van der Waals surface area contributed by atoms with E-state index < -0.39 is 0 Å². The van der Waals surface area contributed by atoms with Gasteiger partial charge in [0.15, 0.2) is 0 Å². The highest BCUT2D eigenvalue weighted by molar-refractivity contribution is 5.63. The predicted octanol–water partition coefficient (Wildman–Crippen LogP) is 3.77. The third-order valence-electron chi connectivity index (χ3n) is 4.30. The summed E-state index contributed by atoms with van der Waals surface area (Å²) in [6, 6.07) is 9.86. The molecule has 23 heavy (non-hydrogen) atoms. The first-order valence-corrected chi connectivity index (χ1v) is 8.16. The fourth-order valence-corrected chi connectivity index (χ4v) is 2.88. The van der Waals surface area contributed by atoms with Crippen molar-refractivity contribution in [2.45, 2.75) is 26.7 Å². The van der Waals surface area contributed by atoms with E-state index in [1.807, 2.05) is 31.2 Å². The Morgan fingerprint density at radius 3 is 2.65 bits per heavy atom. The number of aromatic nitrogens is 2. The van der Waals surface area contributed by atoms with Crippen LogP contribution in [0.3, 0.4) is 0 Å². The van der Waals surface area contributed by atoms with Crippen LogP contribution in [-0.4, -0.2) is 30.2 Å². The monoisotopic (exact) mass is 312 g/mol. The fourth-order valence-electron chi connectivity index (χ4n) is 2.88. The summed E-state index contributed by atoms with van der Waals surface area (Å²) in [5.41, 5.74) is 1.84. The zero-order chi connectivity index (χ0) is 16.2. The van der Waals surface area contributed by atoms with Crippen LogP contribution in [-0.2, 0) is 0 Å². The van der Waals surface area contributed by atoms with Crippen LogP contribution < -0.4 is 15.0 Å². The second kappa shape index (κ2) is 6.86. The molecule has 0 amide bonds. The number of anilines is 3. The number of nitrogens with one attached hydrogen (secondary N) is 1. The first-order valence-electron chi connectivity index (χ1n) is 8.16. The highest BCUT2D eigenvalue weighted by atomic mass is 16.5. The number of hydrogen-bond donors (Lipinski definition) is 1. The number of hydrogen-bond acceptors (Lipinski definition) is 5. The quantitative estimate of drug-likeness (QED) is 0.931. The molecule has 5 heteroatoms. The van der Waals surface area contributed by atoms with Crippen LogP contribution >= 0.6 is 0 Å². The van der Waals surface area contributed by atoms with E-state index in [0.29, 0.717) is 5.95 Å². The molecule has 1 saturated heterocycles. The Labute approximate surface area is 137 Å². The van der Waals surface area contributed by atoms with Gasteiger partial charge >= 0.3 is 0 Å². The summed E-state index contributed by atoms with van der Waals surface area (Å²) in [6.07, 6.45) is 2.44. The van der Waals surface area contributed by atoms with Gasteiger partial charge in [-0.2, -0.15) is 4.98 Å². The van der Waals surface area contributed by atoms with Crippen molar-refractivity contribution in [1.29, 1.82) is 0 Å². The summed E-state index contributed by atoms with van der Waals surface area (Å²) in [5, 5.41) is 3.28. The molecule has 1 N–H and O–H groups in total. The highest BCUT2D eigenvalue weighted by Gasteiger charge is 2.18. The molecule has 0 unspecified atom stereocenters. The average Bonchev–Trinajstić information content (AvgIpc) is 2.55. The van der Waals surface area contributed by atoms with Crippen molar-refractivity contribution in [2.24, 2.45) is 5.92 Å². The van der Waals surface area contributed by atoms with Gasteiger partial charge in [0.1, 0.15) is 11.6 Å². The largest absolute Gasteiger partial charge is 0.495 e. The van der Waals surface area contributed by atoms with Crippen LogP contribution in [0, 0.1) is 12.8 Å². The molecule has 3 rings (SSSR count). The van der Waals surface area contributed by atoms with E-state index in [1.165, 1.54) is 12.8 Å². The summed E-state index contributed by atoms with van der Waals surface area (Å²) >= 11 is 0. The van der Waals surface area contributed by atoms with Crippen LogP contribution in [0.2, 0.25) is 0 Å². The summed E-state index contributed by atoms with van der Waals surface area (Å²) in [6.45, 7) is 6.44. The maximum atomic E-state index is 5.38. The third kappa shape index (κ3) is 3.73. The normalized spacial score (nSPS) is 15.5. The van der Waals surface area contributed by atoms with Crippen molar-refractivity contribution in [3.8, 4) is 5.75 Å². The number of nitrogens with zero attached hydrogens (tertiary/aromatic N) is 3. The maximum absolute atomic E-state index is 5.38. The number of benzene rings is 1. The molecule has 2 aromatic rings. The van der Waals surface area contributed by atoms with E-state index in [2.05, 4.69) is 28.2 Å². The summed E-state index contributed by atoms with van der Waals surface area (Å²) < 4.78 is 5.38. The number of para-hydroxylation sites is 2. The minimum absolute atomic E-state index is 0.614.